The molecule has 0 aliphatic rings. The number of benzene rings is 1. The number of nitriles is 1. The summed E-state index contributed by atoms with van der Waals surface area (Å²) < 4.78 is 12.8. The Bertz CT molecular complexity index is 439. The first kappa shape index (κ1) is 10.3. The number of rotatable bonds is 1. The van der Waals surface area contributed by atoms with E-state index in [0.717, 1.165) is 12.1 Å². The quantitative estimate of drug-likeness (QED) is 0.323. The van der Waals surface area contributed by atoms with Crippen LogP contribution in [0.1, 0.15) is 5.56 Å². The first-order valence-corrected chi connectivity index (χ1v) is 3.85. The molecule has 0 fully saturated rings. The summed E-state index contributed by atoms with van der Waals surface area (Å²) in [5.41, 5.74) is 4.87. The third-order valence-electron chi connectivity index (χ3n) is 1.55. The van der Waals surface area contributed by atoms with E-state index in [-0.39, 0.29) is 22.0 Å². The topological polar surface area (TPSA) is 82.4 Å². The lowest BCUT2D eigenvalue weighted by molar-refractivity contribution is 0.320. The minimum atomic E-state index is -0.686. The highest BCUT2D eigenvalue weighted by atomic mass is 35.5. The van der Waals surface area contributed by atoms with Gasteiger partial charge in [-0.05, 0) is 12.1 Å². The van der Waals surface area contributed by atoms with Crippen molar-refractivity contribution >= 4 is 23.0 Å². The first-order chi connectivity index (χ1) is 6.60. The van der Waals surface area contributed by atoms with Gasteiger partial charge in [-0.15, -0.1) is 0 Å². The maximum atomic E-state index is 12.8. The van der Waals surface area contributed by atoms with E-state index in [2.05, 4.69) is 5.16 Å². The Morgan fingerprint density at radius 1 is 1.64 bits per heavy atom. The lowest BCUT2D eigenvalue weighted by Crippen LogP contribution is -2.01. The van der Waals surface area contributed by atoms with Crippen molar-refractivity contribution in [2.75, 3.05) is 5.73 Å². The Balaban J connectivity index is 3.38. The van der Waals surface area contributed by atoms with Crippen LogP contribution in [0.5, 0.6) is 0 Å². The van der Waals surface area contributed by atoms with Gasteiger partial charge in [-0.25, -0.2) is 4.39 Å². The molecule has 14 heavy (non-hydrogen) atoms. The predicted molar refractivity (Wildman–Crippen MR) is 49.8 cm³/mol. The van der Waals surface area contributed by atoms with E-state index in [4.69, 9.17) is 27.8 Å². The van der Waals surface area contributed by atoms with Crippen molar-refractivity contribution in [1.82, 2.24) is 0 Å². The van der Waals surface area contributed by atoms with Crippen LogP contribution in [-0.4, -0.2) is 10.9 Å². The number of nitrogens with two attached hydrogens (primary N) is 1. The van der Waals surface area contributed by atoms with Crippen molar-refractivity contribution in [3.05, 3.63) is 28.5 Å². The minimum Gasteiger partial charge on any atom is -0.410 e. The molecule has 0 amide bonds. The number of halogens is 2. The lowest BCUT2D eigenvalue weighted by Gasteiger charge is -2.02. The van der Waals surface area contributed by atoms with Gasteiger partial charge in [0, 0.05) is 5.56 Å². The molecule has 0 saturated heterocycles. The number of oxime groups is 1. The van der Waals surface area contributed by atoms with Gasteiger partial charge in [-0.2, -0.15) is 5.26 Å². The van der Waals surface area contributed by atoms with Crippen LogP contribution in [0.15, 0.2) is 17.3 Å². The van der Waals surface area contributed by atoms with E-state index in [9.17, 15) is 4.39 Å². The van der Waals surface area contributed by atoms with E-state index >= 15 is 0 Å². The molecule has 0 aromatic heterocycles. The zero-order chi connectivity index (χ0) is 10.7. The van der Waals surface area contributed by atoms with Crippen LogP contribution < -0.4 is 5.73 Å². The second kappa shape index (κ2) is 3.94. The number of hydrogen-bond acceptors (Lipinski definition) is 4. The molecule has 0 radical (unpaired) electrons. The maximum Gasteiger partial charge on any atom is 0.188 e. The number of nitrogens with zero attached hydrogens (tertiary/aromatic N) is 2. The monoisotopic (exact) mass is 213 g/mol. The van der Waals surface area contributed by atoms with Crippen LogP contribution in [-0.2, 0) is 0 Å². The zero-order valence-electron chi connectivity index (χ0n) is 6.83. The number of nitrogen functional groups attached to an aromatic ring is 1. The second-order valence-electron chi connectivity index (χ2n) is 2.41. The molecule has 1 aromatic carbocycles. The largest absolute Gasteiger partial charge is 0.410 e. The number of anilines is 1. The molecule has 0 aliphatic heterocycles. The molecule has 4 nitrogen and oxygen atoms in total. The fourth-order valence-electron chi connectivity index (χ4n) is 0.884. The lowest BCUT2D eigenvalue weighted by atomic mass is 10.1. The van der Waals surface area contributed by atoms with Gasteiger partial charge in [-0.1, -0.05) is 16.8 Å². The zero-order valence-corrected chi connectivity index (χ0v) is 7.59. The fraction of sp³-hybridized carbons (Fsp3) is 0. The average Bonchev–Trinajstić information content (AvgIpc) is 2.15. The maximum absolute atomic E-state index is 12.8. The summed E-state index contributed by atoms with van der Waals surface area (Å²) >= 11 is 5.62. The van der Waals surface area contributed by atoms with Gasteiger partial charge in [-0.3, -0.25) is 0 Å². The Kier molecular flexibility index (Phi) is 2.89. The minimum absolute atomic E-state index is 0.0361. The molecule has 0 heterocycles. The van der Waals surface area contributed by atoms with Crippen LogP contribution in [0, 0.1) is 17.1 Å². The van der Waals surface area contributed by atoms with Crippen LogP contribution in [0.3, 0.4) is 0 Å². The molecule has 0 spiro atoms. The Labute approximate surface area is 84.0 Å². The summed E-state index contributed by atoms with van der Waals surface area (Å²) in [6.07, 6.45) is 0. The standard InChI is InChI=1S/C8H5ClFN3O/c9-5-2-6(10)7(12)1-4(5)8(3-11)13-14/h1-2,14H,12H2. The molecule has 0 bridgehead atoms. The molecule has 0 unspecified atom stereocenters. The van der Waals surface area contributed by atoms with Crippen LogP contribution >= 0.6 is 11.6 Å². The molecular formula is C8H5ClFN3O. The summed E-state index contributed by atoms with van der Waals surface area (Å²) in [6, 6.07) is 3.68. The number of hydrogen-bond donors (Lipinski definition) is 2. The molecule has 1 rings (SSSR count). The van der Waals surface area contributed by atoms with Crippen molar-refractivity contribution in [3.8, 4) is 6.07 Å². The third kappa shape index (κ3) is 1.75. The van der Waals surface area contributed by atoms with Crippen LogP contribution in [0.4, 0.5) is 10.1 Å². The highest BCUT2D eigenvalue weighted by molar-refractivity contribution is 6.35. The van der Waals surface area contributed by atoms with Gasteiger partial charge in [0.1, 0.15) is 11.9 Å². The van der Waals surface area contributed by atoms with E-state index in [1.807, 2.05) is 0 Å². The summed E-state index contributed by atoms with van der Waals surface area (Å²) in [5.74, 6) is -0.686. The molecule has 0 saturated carbocycles. The summed E-state index contributed by atoms with van der Waals surface area (Å²) in [7, 11) is 0. The molecule has 0 atom stereocenters. The fourth-order valence-corrected chi connectivity index (χ4v) is 1.12. The van der Waals surface area contributed by atoms with Gasteiger partial charge < -0.3 is 10.9 Å². The Morgan fingerprint density at radius 3 is 2.79 bits per heavy atom. The average molecular weight is 214 g/mol. The van der Waals surface area contributed by atoms with Gasteiger partial charge in [0.05, 0.1) is 10.7 Å². The first-order valence-electron chi connectivity index (χ1n) is 3.47. The highest BCUT2D eigenvalue weighted by Gasteiger charge is 2.11. The SMILES string of the molecule is N#CC(=NO)c1cc(N)c(F)cc1Cl. The Morgan fingerprint density at radius 2 is 2.29 bits per heavy atom. The molecule has 6 heteroatoms. The summed E-state index contributed by atoms with van der Waals surface area (Å²) in [5, 5.41) is 19.6. The van der Waals surface area contributed by atoms with Gasteiger partial charge in [0.15, 0.2) is 5.71 Å². The molecular weight excluding hydrogens is 209 g/mol. The van der Waals surface area contributed by atoms with Crippen molar-refractivity contribution in [1.29, 1.82) is 5.26 Å². The van der Waals surface area contributed by atoms with Gasteiger partial charge >= 0.3 is 0 Å². The second-order valence-corrected chi connectivity index (χ2v) is 2.82. The Hall–Kier alpha value is -1.80. The van der Waals surface area contributed by atoms with Crippen molar-refractivity contribution in [3.63, 3.8) is 0 Å². The van der Waals surface area contributed by atoms with Gasteiger partial charge in [0.25, 0.3) is 0 Å². The smallest absolute Gasteiger partial charge is 0.188 e. The predicted octanol–water partition coefficient (Wildman–Crippen LogP) is 1.76. The van der Waals surface area contributed by atoms with Crippen LogP contribution in [0.2, 0.25) is 5.02 Å². The summed E-state index contributed by atoms with van der Waals surface area (Å²) in [6.45, 7) is 0. The molecule has 72 valence electrons. The third-order valence-corrected chi connectivity index (χ3v) is 1.86. The van der Waals surface area contributed by atoms with Crippen LogP contribution in [0.25, 0.3) is 0 Å². The molecule has 1 aromatic rings. The highest BCUT2D eigenvalue weighted by Crippen LogP contribution is 2.22. The van der Waals surface area contributed by atoms with Gasteiger partial charge in [0.2, 0.25) is 0 Å². The van der Waals surface area contributed by atoms with Crippen molar-refractivity contribution < 1.29 is 9.60 Å². The van der Waals surface area contributed by atoms with Crippen molar-refractivity contribution in [2.24, 2.45) is 5.16 Å². The van der Waals surface area contributed by atoms with E-state index < -0.39 is 5.82 Å². The van der Waals surface area contributed by atoms with E-state index in [1.54, 1.807) is 6.07 Å². The van der Waals surface area contributed by atoms with Crippen molar-refractivity contribution in [2.45, 2.75) is 0 Å². The molecule has 3 N–H and O–H groups in total. The normalized spacial score (nSPS) is 11.1. The van der Waals surface area contributed by atoms with E-state index in [0.29, 0.717) is 0 Å². The molecule has 0 aliphatic carbocycles. The summed E-state index contributed by atoms with van der Waals surface area (Å²) in [4.78, 5) is 0. The van der Waals surface area contributed by atoms with E-state index in [1.165, 1.54) is 0 Å².